The number of carbonyl (C=O) groups excluding carboxylic acids is 1. The lowest BCUT2D eigenvalue weighted by Crippen LogP contribution is -2.09. The highest BCUT2D eigenvalue weighted by Crippen LogP contribution is 2.20. The molecule has 138 valence electrons. The summed E-state index contributed by atoms with van der Waals surface area (Å²) in [6.45, 7) is 0.583. The number of fused-ring (bicyclic) bond motifs is 1. The third kappa shape index (κ3) is 4.16. The molecule has 0 radical (unpaired) electrons. The smallest absolute Gasteiger partial charge is 0.221 e. The Morgan fingerprint density at radius 1 is 0.929 bits per heavy atom. The van der Waals surface area contributed by atoms with Crippen LogP contribution in [0.1, 0.15) is 21.7 Å². The first-order valence-corrected chi connectivity index (χ1v) is 10.4. The zero-order valence-electron chi connectivity index (χ0n) is 14.8. The molecule has 1 heterocycles. The molecule has 28 heavy (non-hydrogen) atoms. The van der Waals surface area contributed by atoms with Crippen LogP contribution in [-0.4, -0.2) is 15.3 Å². The molecule has 0 unspecified atom stereocenters. The molecular weight excluding hydrogens is 480 g/mol. The first-order valence-electron chi connectivity index (χ1n) is 8.78. The van der Waals surface area contributed by atoms with E-state index in [1.807, 2.05) is 83.4 Å². The summed E-state index contributed by atoms with van der Waals surface area (Å²) in [7, 11) is 0. The van der Waals surface area contributed by atoms with Crippen LogP contribution in [0.25, 0.3) is 17.1 Å². The Kier molecular flexibility index (Phi) is 5.55. The van der Waals surface area contributed by atoms with E-state index in [4.69, 9.17) is 0 Å². The number of hydrogen-bond donors (Lipinski definition) is 0. The molecule has 0 saturated carbocycles. The van der Waals surface area contributed by atoms with E-state index in [9.17, 15) is 4.79 Å². The van der Waals surface area contributed by atoms with Crippen LogP contribution in [0.3, 0.4) is 0 Å². The Hall–Kier alpha value is -2.50. The second-order valence-corrected chi connectivity index (χ2v) is 8.22. The van der Waals surface area contributed by atoms with Gasteiger partial charge in [-0.25, -0.2) is 4.98 Å². The monoisotopic (exact) mass is 494 g/mol. The number of para-hydroxylation sites is 2. The van der Waals surface area contributed by atoms with Crippen LogP contribution in [-0.2, 0) is 6.54 Å². The van der Waals surface area contributed by atoms with Crippen molar-refractivity contribution in [2.24, 2.45) is 0 Å². The molecule has 0 saturated heterocycles. The van der Waals surface area contributed by atoms with Crippen LogP contribution in [0.2, 0.25) is 0 Å². The fourth-order valence-electron chi connectivity index (χ4n) is 3.05. The van der Waals surface area contributed by atoms with Crippen molar-refractivity contribution in [1.29, 1.82) is 0 Å². The van der Waals surface area contributed by atoms with E-state index < -0.39 is 0 Å². The van der Waals surface area contributed by atoms with E-state index in [1.54, 1.807) is 6.08 Å². The van der Waals surface area contributed by atoms with Crippen LogP contribution in [0, 0.1) is 0 Å². The van der Waals surface area contributed by atoms with E-state index >= 15 is 0 Å². The summed E-state index contributed by atoms with van der Waals surface area (Å²) in [6, 6.07) is 23.7. The molecule has 0 atom stereocenters. The van der Waals surface area contributed by atoms with Crippen LogP contribution in [0.4, 0.5) is 0 Å². The highest BCUT2D eigenvalue weighted by Gasteiger charge is 2.15. The summed E-state index contributed by atoms with van der Waals surface area (Å²) in [5.41, 5.74) is 3.83. The van der Waals surface area contributed by atoms with Gasteiger partial charge in [-0.05, 0) is 53.6 Å². The highest BCUT2D eigenvalue weighted by molar-refractivity contribution is 9.10. The van der Waals surface area contributed by atoms with E-state index in [2.05, 4.69) is 36.8 Å². The van der Waals surface area contributed by atoms with Gasteiger partial charge in [-0.15, -0.1) is 0 Å². The third-order valence-electron chi connectivity index (χ3n) is 4.40. The van der Waals surface area contributed by atoms with Gasteiger partial charge in [-0.1, -0.05) is 74.3 Å². The molecule has 0 aliphatic rings. The third-order valence-corrected chi connectivity index (χ3v) is 5.43. The molecular formula is C23H16Br2N2O. The molecule has 0 amide bonds. The minimum absolute atomic E-state index is 0.117. The second-order valence-electron chi connectivity index (χ2n) is 6.39. The molecule has 1 aromatic heterocycles. The number of imidazole rings is 1. The number of halogens is 2. The largest absolute Gasteiger partial charge is 0.317 e. The number of benzene rings is 3. The van der Waals surface area contributed by atoms with E-state index in [-0.39, 0.29) is 5.78 Å². The van der Waals surface area contributed by atoms with Gasteiger partial charge in [0.15, 0.2) is 5.82 Å². The van der Waals surface area contributed by atoms with Crippen LogP contribution in [0.15, 0.2) is 87.8 Å². The molecule has 0 fully saturated rings. The lowest BCUT2D eigenvalue weighted by molar-refractivity contribution is 0.103. The first-order chi connectivity index (χ1) is 13.6. The van der Waals surface area contributed by atoms with Crippen molar-refractivity contribution in [2.45, 2.75) is 6.54 Å². The van der Waals surface area contributed by atoms with Gasteiger partial charge in [0.05, 0.1) is 11.0 Å². The van der Waals surface area contributed by atoms with Crippen molar-refractivity contribution in [2.75, 3.05) is 0 Å². The van der Waals surface area contributed by atoms with Crippen molar-refractivity contribution in [3.8, 4) is 0 Å². The van der Waals surface area contributed by atoms with Crippen molar-refractivity contribution >= 4 is 54.8 Å². The predicted molar refractivity (Wildman–Crippen MR) is 120 cm³/mol. The van der Waals surface area contributed by atoms with Gasteiger partial charge in [0.1, 0.15) is 0 Å². The number of allylic oxidation sites excluding steroid dienone is 1. The van der Waals surface area contributed by atoms with Gasteiger partial charge in [-0.2, -0.15) is 0 Å². The molecule has 4 rings (SSSR count). The average molecular weight is 496 g/mol. The molecule has 0 spiro atoms. The number of nitrogens with zero attached hydrogens (tertiary/aromatic N) is 2. The first kappa shape index (κ1) is 18.8. The highest BCUT2D eigenvalue weighted by atomic mass is 79.9. The number of aromatic nitrogens is 2. The minimum atomic E-state index is -0.117. The van der Waals surface area contributed by atoms with Crippen LogP contribution < -0.4 is 0 Å². The van der Waals surface area contributed by atoms with Gasteiger partial charge in [0.2, 0.25) is 5.78 Å². The SMILES string of the molecule is O=C(/C=C/c1cccc(Br)c1)c1nc2ccccc2n1Cc1ccc(Br)cc1. The molecule has 5 heteroatoms. The van der Waals surface area contributed by atoms with E-state index in [0.717, 1.165) is 31.1 Å². The zero-order chi connectivity index (χ0) is 19.5. The summed E-state index contributed by atoms with van der Waals surface area (Å²) in [5.74, 6) is 0.323. The summed E-state index contributed by atoms with van der Waals surface area (Å²) in [6.07, 6.45) is 3.40. The van der Waals surface area contributed by atoms with Gasteiger partial charge in [0.25, 0.3) is 0 Å². The van der Waals surface area contributed by atoms with Crippen LogP contribution >= 0.6 is 31.9 Å². The van der Waals surface area contributed by atoms with Crippen molar-refractivity contribution in [1.82, 2.24) is 9.55 Å². The Labute approximate surface area is 180 Å². The fraction of sp³-hybridized carbons (Fsp3) is 0.0435. The van der Waals surface area contributed by atoms with Gasteiger partial charge in [-0.3, -0.25) is 4.79 Å². The maximum absolute atomic E-state index is 12.9. The average Bonchev–Trinajstić information content (AvgIpc) is 3.07. The maximum Gasteiger partial charge on any atom is 0.221 e. The number of carbonyl (C=O) groups is 1. The Morgan fingerprint density at radius 3 is 2.50 bits per heavy atom. The fourth-order valence-corrected chi connectivity index (χ4v) is 3.73. The number of ketones is 1. The van der Waals surface area contributed by atoms with Crippen molar-refractivity contribution in [3.63, 3.8) is 0 Å². The van der Waals surface area contributed by atoms with Crippen LogP contribution in [0.5, 0.6) is 0 Å². The summed E-state index contributed by atoms with van der Waals surface area (Å²) in [5, 5.41) is 0. The number of rotatable bonds is 5. The lowest BCUT2D eigenvalue weighted by atomic mass is 10.2. The zero-order valence-corrected chi connectivity index (χ0v) is 18.0. The Bertz CT molecular complexity index is 1180. The molecule has 0 aliphatic carbocycles. The second kappa shape index (κ2) is 8.25. The Balaban J connectivity index is 1.71. The molecule has 0 aliphatic heterocycles. The van der Waals surface area contributed by atoms with Crippen molar-refractivity contribution < 1.29 is 4.79 Å². The minimum Gasteiger partial charge on any atom is -0.317 e. The molecule has 4 aromatic rings. The summed E-state index contributed by atoms with van der Waals surface area (Å²) >= 11 is 6.92. The summed E-state index contributed by atoms with van der Waals surface area (Å²) in [4.78, 5) is 17.5. The Morgan fingerprint density at radius 2 is 1.71 bits per heavy atom. The van der Waals surface area contributed by atoms with E-state index in [1.165, 1.54) is 0 Å². The van der Waals surface area contributed by atoms with Crippen molar-refractivity contribution in [3.05, 3.63) is 105 Å². The topological polar surface area (TPSA) is 34.9 Å². The van der Waals surface area contributed by atoms with E-state index in [0.29, 0.717) is 12.4 Å². The molecule has 3 aromatic carbocycles. The predicted octanol–water partition coefficient (Wildman–Crippen LogP) is 6.51. The summed E-state index contributed by atoms with van der Waals surface area (Å²) < 4.78 is 3.98. The molecule has 0 N–H and O–H groups in total. The normalized spacial score (nSPS) is 11.4. The van der Waals surface area contributed by atoms with Gasteiger partial charge >= 0.3 is 0 Å². The standard InChI is InChI=1S/C23H16Br2N2O/c24-18-11-8-17(9-12-18)15-27-21-7-2-1-6-20(21)26-23(27)22(28)13-10-16-4-3-5-19(25)14-16/h1-14H,15H2/b13-10+. The van der Waals surface area contributed by atoms with Gasteiger partial charge in [0, 0.05) is 15.5 Å². The maximum atomic E-state index is 12.9. The quantitative estimate of drug-likeness (QED) is 0.234. The number of hydrogen-bond acceptors (Lipinski definition) is 2. The van der Waals surface area contributed by atoms with Gasteiger partial charge < -0.3 is 4.57 Å². The molecule has 0 bridgehead atoms. The molecule has 3 nitrogen and oxygen atoms in total. The lowest BCUT2D eigenvalue weighted by Gasteiger charge is -2.08.